The highest BCUT2D eigenvalue weighted by Gasteiger charge is 2.19. The van der Waals surface area contributed by atoms with Crippen LogP contribution in [-0.4, -0.2) is 26.4 Å². The van der Waals surface area contributed by atoms with Gasteiger partial charge in [0.2, 0.25) is 5.62 Å². The number of H-pyrrole nitrogens is 2. The fourth-order valence-corrected chi connectivity index (χ4v) is 2.32. The maximum Gasteiger partial charge on any atom is 0.256 e. The first-order valence-corrected chi connectivity index (χ1v) is 7.31. The summed E-state index contributed by atoms with van der Waals surface area (Å²) in [6.45, 7) is 7.19. The van der Waals surface area contributed by atoms with Gasteiger partial charge in [-0.05, 0) is 25.8 Å². The van der Waals surface area contributed by atoms with Crippen LogP contribution in [0, 0.1) is 5.41 Å². The topological polar surface area (TPSA) is 118 Å². The number of aliphatic hydroxyl groups is 1. The molecule has 0 amide bonds. The van der Waals surface area contributed by atoms with Crippen molar-refractivity contribution >= 4 is 6.34 Å². The largest absolute Gasteiger partial charge is 0.386 e. The number of nitrogens with zero attached hydrogens (tertiary/aromatic N) is 2. The zero-order valence-electron chi connectivity index (χ0n) is 13.6. The molecule has 23 heavy (non-hydrogen) atoms. The van der Waals surface area contributed by atoms with E-state index < -0.39 is 5.60 Å². The van der Waals surface area contributed by atoms with E-state index in [0.29, 0.717) is 22.4 Å². The van der Waals surface area contributed by atoms with E-state index in [4.69, 9.17) is 5.41 Å². The molecule has 0 radical (unpaired) electrons. The van der Waals surface area contributed by atoms with Gasteiger partial charge in [0.25, 0.3) is 5.56 Å². The summed E-state index contributed by atoms with van der Waals surface area (Å²) in [7, 11) is 0. The van der Waals surface area contributed by atoms with Crippen molar-refractivity contribution in [3.8, 4) is 11.3 Å². The number of rotatable bonds is 4. The first-order chi connectivity index (χ1) is 10.7. The third kappa shape index (κ3) is 3.62. The second-order valence-corrected chi connectivity index (χ2v) is 6.15. The lowest BCUT2D eigenvalue weighted by Gasteiger charge is -2.19. The smallest absolute Gasteiger partial charge is 0.256 e. The minimum atomic E-state index is -1.04. The molecule has 0 spiro atoms. The number of hydrogen-bond donors (Lipinski definition) is 4. The van der Waals surface area contributed by atoms with Gasteiger partial charge in [-0.25, -0.2) is 4.99 Å². The zero-order chi connectivity index (χ0) is 17.2. The van der Waals surface area contributed by atoms with E-state index >= 15 is 0 Å². The van der Waals surface area contributed by atoms with Gasteiger partial charge in [0, 0.05) is 29.1 Å². The van der Waals surface area contributed by atoms with Crippen LogP contribution in [0.4, 0.5) is 0 Å². The van der Waals surface area contributed by atoms with Crippen molar-refractivity contribution in [2.24, 2.45) is 4.99 Å². The maximum absolute atomic E-state index is 12.4. The average Bonchev–Trinajstić information content (AvgIpc) is 2.45. The van der Waals surface area contributed by atoms with Crippen molar-refractivity contribution in [2.75, 3.05) is 0 Å². The van der Waals surface area contributed by atoms with Gasteiger partial charge in [0.15, 0.2) is 0 Å². The first-order valence-electron chi connectivity index (χ1n) is 7.31. The highest BCUT2D eigenvalue weighted by atomic mass is 16.3. The fraction of sp³-hybridized carbons (Fsp3) is 0.375. The molecule has 0 aromatic carbocycles. The average molecular weight is 315 g/mol. The molecular formula is C16H21N5O2. The van der Waals surface area contributed by atoms with Crippen LogP contribution in [0.15, 0.2) is 28.2 Å². The SMILES string of the molecule is CC(C)c1c(-c2cncc(C(C)(C)O)c2)[nH]/c(=N/C=N)[nH]c1=O. The van der Waals surface area contributed by atoms with Gasteiger partial charge < -0.3 is 10.1 Å². The summed E-state index contributed by atoms with van der Waals surface area (Å²) in [5.74, 6) is -0.0233. The van der Waals surface area contributed by atoms with Gasteiger partial charge in [-0.1, -0.05) is 13.8 Å². The molecule has 2 heterocycles. The van der Waals surface area contributed by atoms with E-state index in [9.17, 15) is 9.90 Å². The standard InChI is InChI=1S/C16H21N5O2/c1-9(2)12-13(20-15(19-8-17)21-14(12)22)10-5-11(7-18-6-10)16(3,4)23/h5-9,23H,1-4H3,(H3,17,19,20,21,22). The van der Waals surface area contributed by atoms with Gasteiger partial charge >= 0.3 is 0 Å². The molecular weight excluding hydrogens is 294 g/mol. The number of aromatic nitrogens is 3. The van der Waals surface area contributed by atoms with Crippen molar-refractivity contribution in [2.45, 2.75) is 39.2 Å². The summed E-state index contributed by atoms with van der Waals surface area (Å²) >= 11 is 0. The molecule has 0 unspecified atom stereocenters. The molecule has 0 aliphatic carbocycles. The summed E-state index contributed by atoms with van der Waals surface area (Å²) in [4.78, 5) is 26.0. The lowest BCUT2D eigenvalue weighted by molar-refractivity contribution is 0.0783. The molecule has 0 aliphatic heterocycles. The molecule has 7 nitrogen and oxygen atoms in total. The Hall–Kier alpha value is -2.54. The van der Waals surface area contributed by atoms with Crippen LogP contribution in [0.1, 0.15) is 44.7 Å². The van der Waals surface area contributed by atoms with Crippen LogP contribution in [0.25, 0.3) is 11.3 Å². The third-order valence-corrected chi connectivity index (χ3v) is 3.49. The molecule has 0 saturated heterocycles. The summed E-state index contributed by atoms with van der Waals surface area (Å²) in [5, 5.41) is 17.2. The van der Waals surface area contributed by atoms with Crippen LogP contribution in [0.5, 0.6) is 0 Å². The Morgan fingerprint density at radius 1 is 1.35 bits per heavy atom. The number of pyridine rings is 1. The second-order valence-electron chi connectivity index (χ2n) is 6.15. The van der Waals surface area contributed by atoms with E-state index in [1.54, 1.807) is 32.3 Å². The van der Waals surface area contributed by atoms with Crippen molar-refractivity contribution in [1.82, 2.24) is 15.0 Å². The first kappa shape index (κ1) is 16.8. The molecule has 0 aliphatic rings. The normalized spacial score (nSPS) is 12.7. The molecule has 4 N–H and O–H groups in total. The van der Waals surface area contributed by atoms with E-state index in [1.807, 2.05) is 13.8 Å². The molecule has 2 aromatic heterocycles. The zero-order valence-corrected chi connectivity index (χ0v) is 13.6. The Morgan fingerprint density at radius 3 is 2.61 bits per heavy atom. The maximum atomic E-state index is 12.4. The Bertz CT molecular complexity index is 841. The van der Waals surface area contributed by atoms with Gasteiger partial charge in [-0.3, -0.25) is 20.2 Å². The van der Waals surface area contributed by atoms with Crippen LogP contribution >= 0.6 is 0 Å². The second kappa shape index (κ2) is 6.29. The fourth-order valence-electron chi connectivity index (χ4n) is 2.32. The van der Waals surface area contributed by atoms with E-state index in [0.717, 1.165) is 6.34 Å². The van der Waals surface area contributed by atoms with E-state index in [-0.39, 0.29) is 17.1 Å². The Labute approximate surface area is 133 Å². The summed E-state index contributed by atoms with van der Waals surface area (Å²) in [6, 6.07) is 1.79. The van der Waals surface area contributed by atoms with Crippen LogP contribution in [-0.2, 0) is 5.60 Å². The molecule has 0 atom stereocenters. The molecule has 0 fully saturated rings. The van der Waals surface area contributed by atoms with Crippen molar-refractivity contribution in [3.63, 3.8) is 0 Å². The van der Waals surface area contributed by atoms with Crippen LogP contribution in [0.3, 0.4) is 0 Å². The van der Waals surface area contributed by atoms with Crippen LogP contribution < -0.4 is 11.2 Å². The minimum Gasteiger partial charge on any atom is -0.386 e. The predicted molar refractivity (Wildman–Crippen MR) is 88.3 cm³/mol. The van der Waals surface area contributed by atoms with E-state index in [1.165, 1.54) is 0 Å². The Balaban J connectivity index is 2.79. The third-order valence-electron chi connectivity index (χ3n) is 3.49. The highest BCUT2D eigenvalue weighted by Crippen LogP contribution is 2.27. The van der Waals surface area contributed by atoms with Crippen molar-refractivity contribution in [1.29, 1.82) is 5.41 Å². The van der Waals surface area contributed by atoms with Gasteiger partial charge in [0.05, 0.1) is 11.3 Å². The van der Waals surface area contributed by atoms with Crippen LogP contribution in [0.2, 0.25) is 0 Å². The summed E-state index contributed by atoms with van der Waals surface area (Å²) in [6.07, 6.45) is 4.07. The monoisotopic (exact) mass is 315 g/mol. The molecule has 122 valence electrons. The quantitative estimate of drug-likeness (QED) is 0.507. The molecule has 0 bridgehead atoms. The highest BCUT2D eigenvalue weighted by molar-refractivity contribution is 5.63. The molecule has 7 heteroatoms. The Morgan fingerprint density at radius 2 is 2.04 bits per heavy atom. The van der Waals surface area contributed by atoms with Gasteiger partial charge in [-0.2, -0.15) is 0 Å². The van der Waals surface area contributed by atoms with Gasteiger partial charge in [0.1, 0.15) is 6.34 Å². The summed E-state index contributed by atoms with van der Waals surface area (Å²) in [5.41, 5.74) is 1.38. The number of nitrogens with one attached hydrogen (secondary N) is 3. The lowest BCUT2D eigenvalue weighted by atomic mass is 9.95. The van der Waals surface area contributed by atoms with Gasteiger partial charge in [-0.15, -0.1) is 0 Å². The molecule has 2 rings (SSSR count). The minimum absolute atomic E-state index is 0.0233. The molecule has 2 aromatic rings. The number of aromatic amines is 2. The Kier molecular flexibility index (Phi) is 4.60. The van der Waals surface area contributed by atoms with Crippen molar-refractivity contribution < 1.29 is 5.11 Å². The van der Waals surface area contributed by atoms with Crippen molar-refractivity contribution in [3.05, 3.63) is 45.6 Å². The lowest BCUT2D eigenvalue weighted by Crippen LogP contribution is -2.28. The molecule has 0 saturated carbocycles. The predicted octanol–water partition coefficient (Wildman–Crippen LogP) is 1.62. The summed E-state index contributed by atoms with van der Waals surface area (Å²) < 4.78 is 0. The van der Waals surface area contributed by atoms with E-state index in [2.05, 4.69) is 19.9 Å². The number of hydrogen-bond acceptors (Lipinski definition) is 4.